The Labute approximate surface area is 101 Å². The van der Waals surface area contributed by atoms with Crippen molar-refractivity contribution < 1.29 is 5.11 Å². The Morgan fingerprint density at radius 1 is 1.35 bits per heavy atom. The summed E-state index contributed by atoms with van der Waals surface area (Å²) in [5.74, 6) is 1.13. The van der Waals surface area contributed by atoms with Gasteiger partial charge in [-0.3, -0.25) is 4.98 Å². The van der Waals surface area contributed by atoms with Crippen LogP contribution < -0.4 is 10.6 Å². The van der Waals surface area contributed by atoms with Crippen molar-refractivity contribution in [2.75, 3.05) is 18.0 Å². The molecule has 92 valence electrons. The molecule has 3 unspecified atom stereocenters. The summed E-state index contributed by atoms with van der Waals surface area (Å²) in [6, 6.07) is 4.07. The molecule has 0 aromatic carbocycles. The molecule has 1 aliphatic heterocycles. The van der Waals surface area contributed by atoms with Crippen LogP contribution in [0.4, 0.5) is 5.69 Å². The molecule has 2 heterocycles. The van der Waals surface area contributed by atoms with Crippen LogP contribution in [0.15, 0.2) is 18.3 Å². The molecule has 4 nitrogen and oxygen atoms in total. The number of aromatic nitrogens is 1. The smallest absolute Gasteiger partial charge is 0.0588 e. The van der Waals surface area contributed by atoms with Crippen molar-refractivity contribution in [2.24, 2.45) is 17.6 Å². The van der Waals surface area contributed by atoms with Gasteiger partial charge in [0.1, 0.15) is 0 Å². The molecule has 2 aliphatic rings. The highest BCUT2D eigenvalue weighted by Gasteiger charge is 2.41. The van der Waals surface area contributed by atoms with E-state index in [1.807, 2.05) is 12.3 Å². The molecular weight excluding hydrogens is 214 g/mol. The molecule has 1 saturated heterocycles. The predicted molar refractivity (Wildman–Crippen MR) is 66.6 cm³/mol. The van der Waals surface area contributed by atoms with E-state index in [9.17, 15) is 5.11 Å². The zero-order chi connectivity index (χ0) is 11.8. The molecule has 2 fully saturated rings. The van der Waals surface area contributed by atoms with Crippen LogP contribution in [0, 0.1) is 11.8 Å². The number of nitrogens with zero attached hydrogens (tertiary/aromatic N) is 2. The van der Waals surface area contributed by atoms with E-state index in [0.717, 1.165) is 37.3 Å². The van der Waals surface area contributed by atoms with E-state index in [-0.39, 0.29) is 6.10 Å². The number of fused-ring (bicyclic) bond motifs is 1. The predicted octanol–water partition coefficient (Wildman–Crippen LogP) is 0.747. The summed E-state index contributed by atoms with van der Waals surface area (Å²) in [7, 11) is 0. The molecular formula is C13H19N3O. The maximum absolute atomic E-state index is 9.89. The molecule has 1 aromatic heterocycles. The van der Waals surface area contributed by atoms with Crippen molar-refractivity contribution in [1.82, 2.24) is 4.98 Å². The molecule has 1 saturated carbocycles. The van der Waals surface area contributed by atoms with E-state index in [0.29, 0.717) is 18.4 Å². The number of pyridine rings is 1. The summed E-state index contributed by atoms with van der Waals surface area (Å²) in [5.41, 5.74) is 7.62. The second-order valence-electron chi connectivity index (χ2n) is 5.19. The Kier molecular flexibility index (Phi) is 2.76. The van der Waals surface area contributed by atoms with E-state index < -0.39 is 0 Å². The SMILES string of the molecule is NCc1ccc(N2CC3CCC(O)C3C2)cn1. The number of nitrogens with two attached hydrogens (primary N) is 1. The molecule has 0 spiro atoms. The van der Waals surface area contributed by atoms with Crippen LogP contribution >= 0.6 is 0 Å². The van der Waals surface area contributed by atoms with Gasteiger partial charge in [0, 0.05) is 25.6 Å². The van der Waals surface area contributed by atoms with Gasteiger partial charge in [-0.25, -0.2) is 0 Å². The summed E-state index contributed by atoms with van der Waals surface area (Å²) in [4.78, 5) is 6.66. The monoisotopic (exact) mass is 233 g/mol. The van der Waals surface area contributed by atoms with Crippen molar-refractivity contribution in [2.45, 2.75) is 25.5 Å². The lowest BCUT2D eigenvalue weighted by Crippen LogP contribution is -2.24. The maximum atomic E-state index is 9.89. The van der Waals surface area contributed by atoms with Gasteiger partial charge in [-0.05, 0) is 30.9 Å². The first kappa shape index (κ1) is 11.0. The first-order valence-corrected chi connectivity index (χ1v) is 6.36. The number of aliphatic hydroxyl groups excluding tert-OH is 1. The lowest BCUT2D eigenvalue weighted by atomic mass is 10.00. The number of hydrogen-bond donors (Lipinski definition) is 2. The number of rotatable bonds is 2. The topological polar surface area (TPSA) is 62.4 Å². The molecule has 3 atom stereocenters. The molecule has 3 rings (SSSR count). The molecule has 0 amide bonds. The van der Waals surface area contributed by atoms with E-state index in [4.69, 9.17) is 5.73 Å². The second kappa shape index (κ2) is 4.27. The van der Waals surface area contributed by atoms with E-state index in [1.165, 1.54) is 0 Å². The van der Waals surface area contributed by atoms with Crippen LogP contribution in [0.2, 0.25) is 0 Å². The van der Waals surface area contributed by atoms with Crippen molar-refractivity contribution in [3.8, 4) is 0 Å². The minimum absolute atomic E-state index is 0.0960. The van der Waals surface area contributed by atoms with Crippen LogP contribution in [0.3, 0.4) is 0 Å². The van der Waals surface area contributed by atoms with Gasteiger partial charge in [-0.15, -0.1) is 0 Å². The number of aliphatic hydroxyl groups is 1. The number of hydrogen-bond acceptors (Lipinski definition) is 4. The van der Waals surface area contributed by atoms with Gasteiger partial charge in [0.05, 0.1) is 23.7 Å². The summed E-state index contributed by atoms with van der Waals surface area (Å²) in [6.45, 7) is 2.52. The third-order valence-electron chi connectivity index (χ3n) is 4.20. The molecule has 3 N–H and O–H groups in total. The van der Waals surface area contributed by atoms with Gasteiger partial charge in [0.15, 0.2) is 0 Å². The zero-order valence-corrected chi connectivity index (χ0v) is 9.92. The Morgan fingerprint density at radius 2 is 2.24 bits per heavy atom. The van der Waals surface area contributed by atoms with E-state index in [2.05, 4.69) is 16.0 Å². The van der Waals surface area contributed by atoms with Crippen molar-refractivity contribution in [3.05, 3.63) is 24.0 Å². The summed E-state index contributed by atoms with van der Waals surface area (Å²) >= 11 is 0. The molecule has 4 heteroatoms. The summed E-state index contributed by atoms with van der Waals surface area (Å²) in [6.07, 6.45) is 3.95. The third-order valence-corrected chi connectivity index (χ3v) is 4.20. The van der Waals surface area contributed by atoms with Gasteiger partial charge in [0.25, 0.3) is 0 Å². The Hall–Kier alpha value is -1.13. The van der Waals surface area contributed by atoms with Gasteiger partial charge < -0.3 is 15.7 Å². The van der Waals surface area contributed by atoms with Gasteiger partial charge in [-0.2, -0.15) is 0 Å². The van der Waals surface area contributed by atoms with Crippen LogP contribution in [0.5, 0.6) is 0 Å². The molecule has 1 aromatic rings. The third kappa shape index (κ3) is 1.91. The summed E-state index contributed by atoms with van der Waals surface area (Å²) in [5, 5.41) is 9.89. The lowest BCUT2D eigenvalue weighted by Gasteiger charge is -2.20. The molecule has 0 bridgehead atoms. The Balaban J connectivity index is 1.73. The minimum Gasteiger partial charge on any atom is -0.393 e. The highest BCUT2D eigenvalue weighted by Crippen LogP contribution is 2.39. The van der Waals surface area contributed by atoms with Crippen molar-refractivity contribution in [3.63, 3.8) is 0 Å². The first-order valence-electron chi connectivity index (χ1n) is 6.36. The van der Waals surface area contributed by atoms with Crippen molar-refractivity contribution in [1.29, 1.82) is 0 Å². The van der Waals surface area contributed by atoms with Crippen molar-refractivity contribution >= 4 is 5.69 Å². The Bertz CT molecular complexity index is 392. The average Bonchev–Trinajstić information content (AvgIpc) is 2.92. The average molecular weight is 233 g/mol. The quantitative estimate of drug-likeness (QED) is 0.791. The second-order valence-corrected chi connectivity index (χ2v) is 5.19. The Morgan fingerprint density at radius 3 is 2.88 bits per heavy atom. The van der Waals surface area contributed by atoms with Crippen LogP contribution in [-0.4, -0.2) is 29.3 Å². The minimum atomic E-state index is -0.0960. The fourth-order valence-electron chi connectivity index (χ4n) is 3.17. The maximum Gasteiger partial charge on any atom is 0.0588 e. The normalized spacial score (nSPS) is 31.9. The fraction of sp³-hybridized carbons (Fsp3) is 0.615. The largest absolute Gasteiger partial charge is 0.393 e. The van der Waals surface area contributed by atoms with Crippen LogP contribution in [0.1, 0.15) is 18.5 Å². The molecule has 1 aliphatic carbocycles. The van der Waals surface area contributed by atoms with E-state index in [1.54, 1.807) is 0 Å². The van der Waals surface area contributed by atoms with E-state index >= 15 is 0 Å². The van der Waals surface area contributed by atoms with Gasteiger partial charge >= 0.3 is 0 Å². The lowest BCUT2D eigenvalue weighted by molar-refractivity contribution is 0.133. The van der Waals surface area contributed by atoms with Crippen LogP contribution in [0.25, 0.3) is 0 Å². The number of anilines is 1. The zero-order valence-electron chi connectivity index (χ0n) is 9.92. The van der Waals surface area contributed by atoms with Gasteiger partial charge in [-0.1, -0.05) is 0 Å². The highest BCUT2D eigenvalue weighted by molar-refractivity contribution is 5.46. The highest BCUT2D eigenvalue weighted by atomic mass is 16.3. The summed E-state index contributed by atoms with van der Waals surface area (Å²) < 4.78 is 0. The van der Waals surface area contributed by atoms with Crippen LogP contribution in [-0.2, 0) is 6.54 Å². The molecule has 0 radical (unpaired) electrons. The standard InChI is InChI=1S/C13H19N3O/c14-5-10-2-3-11(6-15-10)16-7-9-1-4-13(17)12(9)8-16/h2-3,6,9,12-13,17H,1,4-5,7-8,14H2. The first-order chi connectivity index (χ1) is 8.28. The van der Waals surface area contributed by atoms with Gasteiger partial charge in [0.2, 0.25) is 0 Å². The molecule has 17 heavy (non-hydrogen) atoms. The fourth-order valence-corrected chi connectivity index (χ4v) is 3.17.